The largest absolute Gasteiger partial charge is 1.00 e. The number of rotatable bonds is 8. The van der Waals surface area contributed by atoms with Crippen LogP contribution in [-0.4, -0.2) is 22.8 Å². The van der Waals surface area contributed by atoms with E-state index in [1.807, 2.05) is 45.9 Å². The molecular weight excluding hydrogens is 904 g/mol. The summed E-state index contributed by atoms with van der Waals surface area (Å²) in [5, 5.41) is 43.8. The molecule has 5 aromatic carbocycles. The maximum atomic E-state index is 11.0. The van der Waals surface area contributed by atoms with E-state index in [9.17, 15) is 20.4 Å². The minimum Gasteiger partial charge on any atom is -0.875 e. The molecule has 5 rings (SSSR count). The fraction of sp³-hybridized carbons (Fsp3) is 0.333. The Morgan fingerprint density at radius 1 is 0.280 bits per heavy atom. The molecule has 0 bridgehead atoms. The summed E-state index contributed by atoms with van der Waals surface area (Å²) in [5.74, 6) is 0.250. The van der Waals surface area contributed by atoms with Gasteiger partial charge < -0.3 is 20.4 Å². The first kappa shape index (κ1) is 76.8. The summed E-state index contributed by atoms with van der Waals surface area (Å²) >= 11 is 0. The molecule has 4 N–H and O–H groups in total. The summed E-state index contributed by atoms with van der Waals surface area (Å²) in [4.78, 5) is 13.1. The third kappa shape index (κ3) is 31.9. The molecule has 0 saturated heterocycles. The number of hydrogen-bond acceptors (Lipinski definition) is 4. The molecule has 0 amide bonds. The summed E-state index contributed by atoms with van der Waals surface area (Å²) in [5.41, 5.74) is 23.9. The van der Waals surface area contributed by atoms with Gasteiger partial charge in [-0.2, -0.15) is 0 Å². The van der Waals surface area contributed by atoms with Gasteiger partial charge in [0.2, 0.25) is 22.7 Å². The number of allylic oxidation sites excluding steroid dienone is 8. The average molecular weight is 989 g/mol. The van der Waals surface area contributed by atoms with Crippen LogP contribution in [0.1, 0.15) is 128 Å². The van der Waals surface area contributed by atoms with Crippen LogP contribution in [0, 0.1) is 90.0 Å². The van der Waals surface area contributed by atoms with Crippen LogP contribution in [-0.2, 0) is 0 Å². The Morgan fingerprint density at radius 2 is 0.440 bits per heavy atom. The molecular formula is C63H84Li4N4O4+4. The normalized spacial score (nSPS) is 12.0. The molecule has 5 aromatic rings. The van der Waals surface area contributed by atoms with Gasteiger partial charge in [0, 0.05) is 72.2 Å². The van der Waals surface area contributed by atoms with Crippen LogP contribution < -0.4 is 116 Å². The predicted octanol–water partition coefficient (Wildman–Crippen LogP) is -5.79. The number of aryl methyl sites for hydroxylation is 13. The van der Waals surface area contributed by atoms with Crippen LogP contribution >= 0.6 is 0 Å². The number of benzene rings is 5. The van der Waals surface area contributed by atoms with E-state index in [2.05, 4.69) is 171 Å². The van der Waals surface area contributed by atoms with E-state index in [0.717, 1.165) is 45.6 Å². The molecule has 0 heterocycles. The molecule has 380 valence electrons. The van der Waals surface area contributed by atoms with Crippen molar-refractivity contribution in [1.82, 2.24) is 0 Å². The Labute approximate surface area is 501 Å². The monoisotopic (exact) mass is 989 g/mol. The smallest absolute Gasteiger partial charge is 0.875 e. The first-order chi connectivity index (χ1) is 33.0. The van der Waals surface area contributed by atoms with E-state index in [1.54, 1.807) is 52.0 Å². The first-order valence-electron chi connectivity index (χ1n) is 24.2. The van der Waals surface area contributed by atoms with Crippen molar-refractivity contribution in [3.05, 3.63) is 199 Å². The molecule has 8 nitrogen and oxygen atoms in total. The summed E-state index contributed by atoms with van der Waals surface area (Å²) in [7, 11) is 0. The van der Waals surface area contributed by atoms with Crippen molar-refractivity contribution >= 4 is 45.6 Å². The Kier molecular flexibility index (Phi) is 39.8. The molecule has 0 saturated carbocycles. The Balaban J connectivity index is -0.000000422. The van der Waals surface area contributed by atoms with Crippen LogP contribution in [0.5, 0.6) is 0 Å². The van der Waals surface area contributed by atoms with E-state index in [0.29, 0.717) is 0 Å². The number of hydrogen-bond donors (Lipinski definition) is 4. The third-order valence-electron chi connectivity index (χ3n) is 10.6. The SMILES string of the molecule is CC(/C=C(/C)[O-])=[NH+]c1c(C)cc(C)cc1C.CC(/C=C(/C)[O-])=[NH+]c1c(C)cc(C)cc1C.CC(/C=C(/C)[O-])=[NH+]c1c(C)cc(C)cc1C.CC(/C=C(/C)[O-])=[NH+]c1c(C)cc(C)cc1C.Cc1ccccc1.[Li+].[Li+].[Li+].[Li+]. The standard InChI is InChI=1S/4C14H19NO.C7H8.4Li/c4*1-9-6-10(2)14(11(3)7-9)15-12(4)8-13(5)16;1-7-5-3-2-4-6-7;;;;/h4*6-8,16H,1-5H3;2-6H,1H3;;;;/q;;;;;4*+1/b4*13-8-,15-12?;;;;;. The van der Waals surface area contributed by atoms with Crippen LogP contribution in [0.25, 0.3) is 0 Å². The molecule has 12 heteroatoms. The van der Waals surface area contributed by atoms with E-state index >= 15 is 0 Å². The number of nitrogens with one attached hydrogen (secondary N) is 4. The maximum Gasteiger partial charge on any atom is 1.00 e. The molecule has 0 atom stereocenters. The summed E-state index contributed by atoms with van der Waals surface area (Å²) < 4.78 is 0. The molecule has 0 radical (unpaired) electrons. The van der Waals surface area contributed by atoms with Gasteiger partial charge in [0.05, 0.1) is 0 Å². The van der Waals surface area contributed by atoms with Gasteiger partial charge in [0.1, 0.15) is 0 Å². The van der Waals surface area contributed by atoms with Crippen molar-refractivity contribution in [1.29, 1.82) is 0 Å². The maximum absolute atomic E-state index is 11.0. The zero-order chi connectivity index (χ0) is 54.3. The molecule has 0 fully saturated rings. The van der Waals surface area contributed by atoms with Crippen LogP contribution in [0.4, 0.5) is 22.7 Å². The second kappa shape index (κ2) is 38.8. The van der Waals surface area contributed by atoms with Gasteiger partial charge >= 0.3 is 75.4 Å². The summed E-state index contributed by atoms with van der Waals surface area (Å²) in [6.45, 7) is 40.8. The molecule has 0 spiro atoms. The Morgan fingerprint density at radius 3 is 0.560 bits per heavy atom. The molecule has 0 unspecified atom stereocenters. The fourth-order valence-electron chi connectivity index (χ4n) is 8.20. The summed E-state index contributed by atoms with van der Waals surface area (Å²) in [6.07, 6.45) is 6.44. The Hall–Kier alpha value is -4.67. The molecule has 0 aliphatic heterocycles. The van der Waals surface area contributed by atoms with Gasteiger partial charge in [-0.15, -0.1) is 23.0 Å². The minimum atomic E-state index is 0. The van der Waals surface area contributed by atoms with Gasteiger partial charge in [-0.3, -0.25) is 0 Å². The first-order valence-corrected chi connectivity index (χ1v) is 24.2. The molecule has 75 heavy (non-hydrogen) atoms. The van der Waals surface area contributed by atoms with Gasteiger partial charge in [0.25, 0.3) is 0 Å². The van der Waals surface area contributed by atoms with Crippen molar-refractivity contribution in [3.8, 4) is 0 Å². The van der Waals surface area contributed by atoms with E-state index < -0.39 is 0 Å². The van der Waals surface area contributed by atoms with Crippen LogP contribution in [0.15, 0.2) is 126 Å². The quantitative estimate of drug-likeness (QED) is 0.0698. The van der Waals surface area contributed by atoms with Crippen molar-refractivity contribution in [2.45, 2.75) is 145 Å². The van der Waals surface area contributed by atoms with E-state index in [4.69, 9.17) is 0 Å². The zero-order valence-electron chi connectivity index (χ0n) is 50.9. The summed E-state index contributed by atoms with van der Waals surface area (Å²) in [6, 6.07) is 27.3. The fourth-order valence-corrected chi connectivity index (χ4v) is 8.20. The second-order valence-corrected chi connectivity index (χ2v) is 19.0. The predicted molar refractivity (Wildman–Crippen MR) is 294 cm³/mol. The molecule has 0 aliphatic rings. The van der Waals surface area contributed by atoms with Gasteiger partial charge in [-0.25, -0.2) is 20.0 Å². The van der Waals surface area contributed by atoms with Crippen molar-refractivity contribution < 1.29 is 116 Å². The van der Waals surface area contributed by atoms with Crippen molar-refractivity contribution in [3.63, 3.8) is 0 Å². The van der Waals surface area contributed by atoms with Crippen LogP contribution in [0.2, 0.25) is 0 Å². The van der Waals surface area contributed by atoms with Gasteiger partial charge in [0.15, 0.2) is 22.8 Å². The van der Waals surface area contributed by atoms with Crippen molar-refractivity contribution in [2.75, 3.05) is 0 Å². The van der Waals surface area contributed by atoms with Gasteiger partial charge in [-0.05, 0) is 163 Å². The van der Waals surface area contributed by atoms with E-state index in [1.165, 1.54) is 72.3 Å². The third-order valence-corrected chi connectivity index (χ3v) is 10.6. The topological polar surface area (TPSA) is 148 Å². The van der Waals surface area contributed by atoms with Crippen LogP contribution in [0.3, 0.4) is 0 Å². The van der Waals surface area contributed by atoms with Crippen molar-refractivity contribution in [2.24, 2.45) is 0 Å². The second-order valence-electron chi connectivity index (χ2n) is 19.0. The molecule has 0 aromatic heterocycles. The zero-order valence-corrected chi connectivity index (χ0v) is 50.9. The molecule has 0 aliphatic carbocycles. The van der Waals surface area contributed by atoms with E-state index in [-0.39, 0.29) is 98.5 Å². The average Bonchev–Trinajstić information content (AvgIpc) is 3.20. The Bertz CT molecular complexity index is 2400. The van der Waals surface area contributed by atoms with Gasteiger partial charge in [-0.1, -0.05) is 85.8 Å². The minimum absolute atomic E-state index is 0.